The Labute approximate surface area is 85.4 Å². The Morgan fingerprint density at radius 1 is 1.53 bits per heavy atom. The first-order chi connectivity index (χ1) is 7.00. The van der Waals surface area contributed by atoms with Gasteiger partial charge in [-0.2, -0.15) is 0 Å². The fourth-order valence-corrected chi connectivity index (χ4v) is 1.08. The summed E-state index contributed by atoms with van der Waals surface area (Å²) in [6.07, 6.45) is -2.14. The second-order valence-electron chi connectivity index (χ2n) is 3.08. The van der Waals surface area contributed by atoms with Gasteiger partial charge in [0.1, 0.15) is 11.9 Å². The molecule has 1 rings (SSSR count). The summed E-state index contributed by atoms with van der Waals surface area (Å²) in [6.45, 7) is 0. The van der Waals surface area contributed by atoms with E-state index < -0.39 is 23.9 Å². The van der Waals surface area contributed by atoms with Crippen molar-refractivity contribution in [2.24, 2.45) is 5.73 Å². The van der Waals surface area contributed by atoms with Crippen LogP contribution in [0.2, 0.25) is 0 Å². The number of halogens is 1. The highest BCUT2D eigenvalue weighted by Crippen LogP contribution is 2.16. The molecule has 0 bridgehead atoms. The van der Waals surface area contributed by atoms with Gasteiger partial charge in [-0.25, -0.2) is 4.39 Å². The number of nitrogens with two attached hydrogens (primary N) is 1. The summed E-state index contributed by atoms with van der Waals surface area (Å²) in [7, 11) is 0. The van der Waals surface area contributed by atoms with Crippen molar-refractivity contribution in [3.63, 3.8) is 0 Å². The molecule has 1 aromatic heterocycles. The highest BCUT2D eigenvalue weighted by Gasteiger charge is 2.21. The van der Waals surface area contributed by atoms with Crippen LogP contribution in [0.5, 0.6) is 0 Å². The number of nitrogens with zero attached hydrogens (tertiary/aromatic N) is 1. The highest BCUT2D eigenvalue weighted by atomic mass is 19.1. The molecular formula is C9H11FN2O3. The van der Waals surface area contributed by atoms with E-state index in [1.807, 2.05) is 0 Å². The molecule has 82 valence electrons. The Hall–Kier alpha value is -1.53. The molecule has 6 heteroatoms. The predicted octanol–water partition coefficient (Wildman–Crippen LogP) is -0.510. The molecule has 5 nitrogen and oxygen atoms in total. The number of aliphatic hydroxyl groups is 2. The summed E-state index contributed by atoms with van der Waals surface area (Å²) in [5.74, 6) is -1.28. The van der Waals surface area contributed by atoms with E-state index in [4.69, 9.17) is 5.73 Å². The number of hydrogen-bond acceptors (Lipinski definition) is 4. The topological polar surface area (TPSA) is 96.4 Å². The van der Waals surface area contributed by atoms with Crippen LogP contribution in [0.1, 0.15) is 18.2 Å². The molecule has 2 unspecified atom stereocenters. The normalized spacial score (nSPS) is 14.6. The number of hydrogen-bond donors (Lipinski definition) is 3. The summed E-state index contributed by atoms with van der Waals surface area (Å²) < 4.78 is 12.5. The second kappa shape index (κ2) is 4.81. The van der Waals surface area contributed by atoms with Crippen LogP contribution in [-0.4, -0.2) is 27.2 Å². The molecule has 0 aliphatic rings. The van der Waals surface area contributed by atoms with Gasteiger partial charge < -0.3 is 15.9 Å². The average Bonchev–Trinajstić information content (AvgIpc) is 2.17. The van der Waals surface area contributed by atoms with Gasteiger partial charge in [-0.15, -0.1) is 0 Å². The monoisotopic (exact) mass is 214 g/mol. The fraction of sp³-hybridized carbons (Fsp3) is 0.333. The Morgan fingerprint density at radius 2 is 2.20 bits per heavy atom. The lowest BCUT2D eigenvalue weighted by molar-refractivity contribution is -0.121. The molecule has 0 radical (unpaired) electrons. The quantitative estimate of drug-likeness (QED) is 0.629. The zero-order valence-electron chi connectivity index (χ0n) is 7.80. The lowest BCUT2D eigenvalue weighted by Crippen LogP contribution is -2.26. The smallest absolute Gasteiger partial charge is 0.220 e. The lowest BCUT2D eigenvalue weighted by Gasteiger charge is -2.15. The zero-order valence-corrected chi connectivity index (χ0v) is 7.80. The van der Waals surface area contributed by atoms with Gasteiger partial charge in [0.2, 0.25) is 5.91 Å². The summed E-state index contributed by atoms with van der Waals surface area (Å²) in [6, 6.07) is 2.33. The SMILES string of the molecule is NC(=O)CC(O)C(O)c1ccc(F)cn1. The number of pyridine rings is 1. The molecule has 1 amide bonds. The third kappa shape index (κ3) is 3.26. The van der Waals surface area contributed by atoms with Gasteiger partial charge in [-0.1, -0.05) is 0 Å². The summed E-state index contributed by atoms with van der Waals surface area (Å²) in [4.78, 5) is 14.0. The maximum absolute atomic E-state index is 12.5. The van der Waals surface area contributed by atoms with Gasteiger partial charge in [-0.05, 0) is 12.1 Å². The van der Waals surface area contributed by atoms with Crippen molar-refractivity contribution in [2.45, 2.75) is 18.6 Å². The molecule has 0 spiro atoms. The van der Waals surface area contributed by atoms with Gasteiger partial charge in [0.05, 0.1) is 24.4 Å². The van der Waals surface area contributed by atoms with E-state index in [9.17, 15) is 19.4 Å². The predicted molar refractivity (Wildman–Crippen MR) is 49.0 cm³/mol. The molecule has 2 atom stereocenters. The first-order valence-electron chi connectivity index (χ1n) is 4.26. The second-order valence-corrected chi connectivity index (χ2v) is 3.08. The van der Waals surface area contributed by atoms with Gasteiger partial charge >= 0.3 is 0 Å². The van der Waals surface area contributed by atoms with Crippen molar-refractivity contribution in [3.05, 3.63) is 29.8 Å². The van der Waals surface area contributed by atoms with E-state index in [1.165, 1.54) is 6.07 Å². The van der Waals surface area contributed by atoms with E-state index in [0.717, 1.165) is 12.3 Å². The summed E-state index contributed by atoms with van der Waals surface area (Å²) >= 11 is 0. The van der Waals surface area contributed by atoms with Crippen LogP contribution < -0.4 is 5.73 Å². The van der Waals surface area contributed by atoms with Crippen LogP contribution in [-0.2, 0) is 4.79 Å². The Morgan fingerprint density at radius 3 is 2.67 bits per heavy atom. The fourth-order valence-electron chi connectivity index (χ4n) is 1.08. The minimum atomic E-state index is -1.35. The molecule has 0 aliphatic carbocycles. The molecule has 0 aliphatic heterocycles. The summed E-state index contributed by atoms with van der Waals surface area (Å²) in [5, 5.41) is 18.8. The standard InChI is InChI=1S/C9H11FN2O3/c10-5-1-2-6(12-4-5)9(15)7(13)3-8(11)14/h1-2,4,7,9,13,15H,3H2,(H2,11,14). The van der Waals surface area contributed by atoms with Crippen LogP contribution in [0.15, 0.2) is 18.3 Å². The number of aromatic nitrogens is 1. The minimum Gasteiger partial charge on any atom is -0.389 e. The third-order valence-electron chi connectivity index (χ3n) is 1.83. The molecule has 0 saturated heterocycles. The highest BCUT2D eigenvalue weighted by molar-refractivity contribution is 5.74. The van der Waals surface area contributed by atoms with Gasteiger partial charge in [0.25, 0.3) is 0 Å². The zero-order chi connectivity index (χ0) is 11.4. The molecule has 4 N–H and O–H groups in total. The molecule has 0 fully saturated rings. The van der Waals surface area contributed by atoms with Crippen LogP contribution >= 0.6 is 0 Å². The largest absolute Gasteiger partial charge is 0.389 e. The number of amides is 1. The van der Waals surface area contributed by atoms with Crippen molar-refractivity contribution >= 4 is 5.91 Å². The first kappa shape index (κ1) is 11.5. The Balaban J connectivity index is 2.71. The number of primary amides is 1. The third-order valence-corrected chi connectivity index (χ3v) is 1.83. The van der Waals surface area contributed by atoms with Crippen LogP contribution in [0.25, 0.3) is 0 Å². The van der Waals surface area contributed by atoms with Crippen molar-refractivity contribution < 1.29 is 19.4 Å². The van der Waals surface area contributed by atoms with Gasteiger partial charge in [-0.3, -0.25) is 9.78 Å². The molecule has 1 aromatic rings. The molecular weight excluding hydrogens is 203 g/mol. The summed E-state index contributed by atoms with van der Waals surface area (Å²) in [5.41, 5.74) is 4.93. The first-order valence-corrected chi connectivity index (χ1v) is 4.26. The van der Waals surface area contributed by atoms with E-state index in [1.54, 1.807) is 0 Å². The average molecular weight is 214 g/mol. The van der Waals surface area contributed by atoms with Crippen molar-refractivity contribution in [1.82, 2.24) is 4.98 Å². The molecule has 0 saturated carbocycles. The van der Waals surface area contributed by atoms with Crippen molar-refractivity contribution in [1.29, 1.82) is 0 Å². The van der Waals surface area contributed by atoms with Crippen LogP contribution in [0, 0.1) is 5.82 Å². The lowest BCUT2D eigenvalue weighted by atomic mass is 10.1. The Bertz CT molecular complexity index is 342. The Kier molecular flexibility index (Phi) is 3.70. The molecule has 15 heavy (non-hydrogen) atoms. The number of carbonyl (C=O) groups is 1. The maximum Gasteiger partial charge on any atom is 0.220 e. The van der Waals surface area contributed by atoms with E-state index in [2.05, 4.69) is 4.98 Å². The van der Waals surface area contributed by atoms with Crippen molar-refractivity contribution in [2.75, 3.05) is 0 Å². The van der Waals surface area contributed by atoms with Gasteiger partial charge in [0, 0.05) is 0 Å². The van der Waals surface area contributed by atoms with Crippen LogP contribution in [0.4, 0.5) is 4.39 Å². The number of carbonyl (C=O) groups excluding carboxylic acids is 1. The van der Waals surface area contributed by atoms with E-state index >= 15 is 0 Å². The molecule has 1 heterocycles. The minimum absolute atomic E-state index is 0.0881. The van der Waals surface area contributed by atoms with E-state index in [-0.39, 0.29) is 12.1 Å². The number of rotatable bonds is 4. The molecule has 0 aromatic carbocycles. The van der Waals surface area contributed by atoms with Gasteiger partial charge in [0.15, 0.2) is 0 Å². The maximum atomic E-state index is 12.5. The van der Waals surface area contributed by atoms with Crippen LogP contribution in [0.3, 0.4) is 0 Å². The van der Waals surface area contributed by atoms with Crippen molar-refractivity contribution in [3.8, 4) is 0 Å². The van der Waals surface area contributed by atoms with E-state index in [0.29, 0.717) is 0 Å². The number of aliphatic hydroxyl groups excluding tert-OH is 2.